The van der Waals surface area contributed by atoms with Crippen molar-refractivity contribution in [3.05, 3.63) is 23.9 Å². The number of nitrogens with zero attached hydrogens (tertiary/aromatic N) is 3. The number of nitrogens with one attached hydrogen (secondary N) is 1. The van der Waals surface area contributed by atoms with Crippen molar-refractivity contribution >= 4 is 5.96 Å². The van der Waals surface area contributed by atoms with Gasteiger partial charge in [-0.25, -0.2) is 9.98 Å². The molecule has 1 N–H and O–H groups in total. The van der Waals surface area contributed by atoms with Gasteiger partial charge in [0.1, 0.15) is 18.3 Å². The summed E-state index contributed by atoms with van der Waals surface area (Å²) in [4.78, 5) is 10.3. The number of aliphatic imine (C=N–C) groups is 1. The second kappa shape index (κ2) is 10.1. The van der Waals surface area contributed by atoms with Crippen LogP contribution in [0.2, 0.25) is 0 Å². The molecule has 0 aliphatic carbocycles. The predicted octanol–water partition coefficient (Wildman–Crippen LogP) is 2.32. The second-order valence-electron chi connectivity index (χ2n) is 6.84. The highest BCUT2D eigenvalue weighted by Crippen LogP contribution is 2.34. The summed E-state index contributed by atoms with van der Waals surface area (Å²) in [6, 6.07) is 2.19. The van der Waals surface area contributed by atoms with E-state index in [9.17, 15) is 13.2 Å². The first-order chi connectivity index (χ1) is 14.0. The van der Waals surface area contributed by atoms with E-state index in [4.69, 9.17) is 14.2 Å². The van der Waals surface area contributed by atoms with Gasteiger partial charge in [0, 0.05) is 32.4 Å². The molecule has 0 bridgehead atoms. The molecule has 2 aliphatic heterocycles. The Kier molecular flexibility index (Phi) is 7.54. The van der Waals surface area contributed by atoms with Crippen LogP contribution in [0.25, 0.3) is 0 Å². The van der Waals surface area contributed by atoms with Gasteiger partial charge >= 0.3 is 6.18 Å². The van der Waals surface area contributed by atoms with Gasteiger partial charge in [0.2, 0.25) is 5.88 Å². The van der Waals surface area contributed by atoms with Crippen LogP contribution in [0.1, 0.15) is 25.3 Å². The Morgan fingerprint density at radius 3 is 2.90 bits per heavy atom. The first-order valence-electron chi connectivity index (χ1n) is 9.90. The topological polar surface area (TPSA) is 68.2 Å². The maximum Gasteiger partial charge on any atom is 0.421 e. The van der Waals surface area contributed by atoms with E-state index in [0.29, 0.717) is 32.2 Å². The zero-order valence-electron chi connectivity index (χ0n) is 16.5. The Morgan fingerprint density at radius 1 is 1.34 bits per heavy atom. The lowest BCUT2D eigenvalue weighted by atomic mass is 10.1. The van der Waals surface area contributed by atoms with Gasteiger partial charge in [0.15, 0.2) is 5.96 Å². The normalized spacial score (nSPS) is 23.3. The third-order valence-electron chi connectivity index (χ3n) is 4.78. The number of aromatic nitrogens is 1. The molecule has 0 spiro atoms. The number of alkyl halides is 3. The van der Waals surface area contributed by atoms with Crippen molar-refractivity contribution < 1.29 is 27.4 Å². The predicted molar refractivity (Wildman–Crippen MR) is 101 cm³/mol. The fraction of sp³-hybridized carbons (Fsp3) is 0.684. The number of halogens is 3. The minimum atomic E-state index is -4.51. The lowest BCUT2D eigenvalue weighted by molar-refractivity contribution is -0.139. The molecule has 0 amide bonds. The van der Waals surface area contributed by atoms with Crippen LogP contribution in [0.3, 0.4) is 0 Å². The zero-order valence-corrected chi connectivity index (χ0v) is 16.5. The Hall–Kier alpha value is -2.07. The molecular weight excluding hydrogens is 389 g/mol. The largest absolute Gasteiger partial charge is 0.475 e. The molecule has 3 rings (SSSR count). The van der Waals surface area contributed by atoms with E-state index in [2.05, 4.69) is 20.2 Å². The highest BCUT2D eigenvalue weighted by Gasteiger charge is 2.35. The summed E-state index contributed by atoms with van der Waals surface area (Å²) >= 11 is 0. The Balaban J connectivity index is 1.57. The molecule has 2 aliphatic rings. The number of guanidine groups is 1. The van der Waals surface area contributed by atoms with Crippen LogP contribution in [0, 0.1) is 0 Å². The van der Waals surface area contributed by atoms with Crippen molar-refractivity contribution in [1.29, 1.82) is 0 Å². The average Bonchev–Trinajstić information content (AvgIpc) is 3.25. The lowest BCUT2D eigenvalue weighted by Crippen LogP contribution is -2.53. The van der Waals surface area contributed by atoms with Crippen molar-refractivity contribution in [2.24, 2.45) is 4.99 Å². The van der Waals surface area contributed by atoms with Gasteiger partial charge in [-0.2, -0.15) is 13.2 Å². The summed E-state index contributed by atoms with van der Waals surface area (Å²) in [5.74, 6) is 0.268. The third-order valence-corrected chi connectivity index (χ3v) is 4.78. The van der Waals surface area contributed by atoms with Crippen LogP contribution in [0.15, 0.2) is 23.3 Å². The maximum absolute atomic E-state index is 13.0. The van der Waals surface area contributed by atoms with E-state index >= 15 is 0 Å². The molecule has 0 saturated carbocycles. The van der Waals surface area contributed by atoms with Gasteiger partial charge in [-0.05, 0) is 31.9 Å². The van der Waals surface area contributed by atoms with Crippen molar-refractivity contribution in [2.75, 3.05) is 46.0 Å². The number of morpholine rings is 1. The quantitative estimate of drug-likeness (QED) is 0.436. The molecular formula is C19H27F3N4O3. The van der Waals surface area contributed by atoms with Crippen molar-refractivity contribution in [1.82, 2.24) is 15.2 Å². The van der Waals surface area contributed by atoms with Crippen molar-refractivity contribution in [3.63, 3.8) is 0 Å². The Bertz CT molecular complexity index is 681. The average molecular weight is 416 g/mol. The van der Waals surface area contributed by atoms with Crippen LogP contribution in [0.4, 0.5) is 13.2 Å². The third kappa shape index (κ3) is 5.96. The van der Waals surface area contributed by atoms with Gasteiger partial charge < -0.3 is 24.4 Å². The molecule has 7 nitrogen and oxygen atoms in total. The molecule has 29 heavy (non-hydrogen) atoms. The number of pyridine rings is 1. The minimum absolute atomic E-state index is 0.00535. The monoisotopic (exact) mass is 416 g/mol. The summed E-state index contributed by atoms with van der Waals surface area (Å²) in [5.41, 5.74) is -0.886. The van der Waals surface area contributed by atoms with Gasteiger partial charge in [-0.1, -0.05) is 0 Å². The minimum Gasteiger partial charge on any atom is -0.475 e. The summed E-state index contributed by atoms with van der Waals surface area (Å²) < 4.78 is 55.9. The molecule has 0 radical (unpaired) electrons. The smallest absolute Gasteiger partial charge is 0.421 e. The molecule has 1 aromatic rings. The van der Waals surface area contributed by atoms with Gasteiger partial charge in [0.25, 0.3) is 0 Å². The van der Waals surface area contributed by atoms with Crippen LogP contribution in [0.5, 0.6) is 5.88 Å². The zero-order chi connectivity index (χ0) is 20.7. The first kappa shape index (κ1) is 21.6. The highest BCUT2D eigenvalue weighted by molar-refractivity contribution is 5.80. The van der Waals surface area contributed by atoms with Crippen molar-refractivity contribution in [3.8, 4) is 5.88 Å². The number of ether oxygens (including phenoxy) is 3. The van der Waals surface area contributed by atoms with E-state index in [1.807, 2.05) is 6.92 Å². The fourth-order valence-electron chi connectivity index (χ4n) is 3.43. The van der Waals surface area contributed by atoms with E-state index in [1.54, 1.807) is 0 Å². The van der Waals surface area contributed by atoms with E-state index in [0.717, 1.165) is 25.5 Å². The molecule has 162 valence electrons. The fourth-order valence-corrected chi connectivity index (χ4v) is 3.43. The summed E-state index contributed by atoms with van der Waals surface area (Å²) in [6.45, 7) is 5.54. The lowest BCUT2D eigenvalue weighted by Gasteiger charge is -2.37. The van der Waals surface area contributed by atoms with Gasteiger partial charge in [-0.3, -0.25) is 0 Å². The first-order valence-corrected chi connectivity index (χ1v) is 9.90. The van der Waals surface area contributed by atoms with Crippen LogP contribution < -0.4 is 10.1 Å². The SMILES string of the molecule is CCNC(=NCCOc1ncccc1C(F)(F)F)N1CCOC(C2CCCO2)C1. The molecule has 1 aromatic heterocycles. The van der Waals surface area contributed by atoms with E-state index in [1.165, 1.54) is 12.3 Å². The van der Waals surface area contributed by atoms with E-state index < -0.39 is 17.6 Å². The Labute approximate surface area is 168 Å². The molecule has 2 unspecified atom stereocenters. The van der Waals surface area contributed by atoms with Crippen LogP contribution >= 0.6 is 0 Å². The van der Waals surface area contributed by atoms with Gasteiger partial charge in [-0.15, -0.1) is 0 Å². The van der Waals surface area contributed by atoms with Gasteiger partial charge in [0.05, 0.1) is 19.3 Å². The Morgan fingerprint density at radius 2 is 2.17 bits per heavy atom. The molecule has 0 aromatic carbocycles. The van der Waals surface area contributed by atoms with E-state index in [-0.39, 0.29) is 25.4 Å². The molecule has 10 heteroatoms. The summed E-state index contributed by atoms with van der Waals surface area (Å²) in [7, 11) is 0. The van der Waals surface area contributed by atoms with Crippen molar-refractivity contribution in [2.45, 2.75) is 38.1 Å². The second-order valence-corrected chi connectivity index (χ2v) is 6.84. The highest BCUT2D eigenvalue weighted by atomic mass is 19.4. The van der Waals surface area contributed by atoms with Crippen LogP contribution in [-0.4, -0.2) is 74.1 Å². The molecule has 2 atom stereocenters. The van der Waals surface area contributed by atoms with Crippen LogP contribution in [-0.2, 0) is 15.7 Å². The molecule has 3 heterocycles. The number of hydrogen-bond acceptors (Lipinski definition) is 5. The maximum atomic E-state index is 13.0. The summed E-state index contributed by atoms with van der Waals surface area (Å²) in [6.07, 6.45) is -1.10. The number of rotatable bonds is 6. The standard InChI is InChI=1S/C19H27F3N4O3/c1-2-23-18(26-9-12-28-16(13-26)15-6-4-10-27-15)25-8-11-29-17-14(19(20,21)22)5-3-7-24-17/h3,5,7,15-16H,2,4,6,8-13H2,1H3,(H,23,25). The summed E-state index contributed by atoms with van der Waals surface area (Å²) in [5, 5.41) is 3.23. The molecule has 2 fully saturated rings. The molecule has 2 saturated heterocycles. The number of hydrogen-bond donors (Lipinski definition) is 1.